The molecule has 0 unspecified atom stereocenters. The summed E-state index contributed by atoms with van der Waals surface area (Å²) in [6.45, 7) is 3.02. The van der Waals surface area contributed by atoms with Crippen molar-refractivity contribution in [3.63, 3.8) is 0 Å². The summed E-state index contributed by atoms with van der Waals surface area (Å²) in [5, 5.41) is 4.25. The number of nitrogens with one attached hydrogen (secondary N) is 1. The molecule has 1 fully saturated rings. The molecule has 0 atom stereocenters. The van der Waals surface area contributed by atoms with Crippen LogP contribution in [0.2, 0.25) is 5.02 Å². The molecule has 1 saturated heterocycles. The minimum Gasteiger partial charge on any atom is -0.381 e. The Morgan fingerprint density at radius 1 is 1.10 bits per heavy atom. The molecule has 0 bridgehead atoms. The van der Waals surface area contributed by atoms with Gasteiger partial charge >= 0.3 is 0 Å². The molecule has 1 aliphatic heterocycles. The van der Waals surface area contributed by atoms with Gasteiger partial charge in [0.1, 0.15) is 0 Å². The molecule has 2 nitrogen and oxygen atoms in total. The van der Waals surface area contributed by atoms with Crippen LogP contribution in [0.4, 0.5) is 11.4 Å². The molecule has 0 spiro atoms. The summed E-state index contributed by atoms with van der Waals surface area (Å²) in [5.74, 6) is 0. The van der Waals surface area contributed by atoms with Gasteiger partial charge in [0.25, 0.3) is 0 Å². The Bertz CT molecular complexity index is 624. The zero-order valence-electron chi connectivity index (χ0n) is 11.8. The minimum absolute atomic E-state index is 0.791. The zero-order chi connectivity index (χ0) is 14.7. The lowest BCUT2D eigenvalue weighted by Crippen LogP contribution is -2.17. The second-order valence-electron chi connectivity index (χ2n) is 5.34. The summed E-state index contributed by atoms with van der Waals surface area (Å²) >= 11 is 9.92. The van der Waals surface area contributed by atoms with Gasteiger partial charge in [-0.15, -0.1) is 0 Å². The highest BCUT2D eigenvalue weighted by atomic mass is 79.9. The van der Waals surface area contributed by atoms with Gasteiger partial charge in [0.05, 0.1) is 10.7 Å². The highest BCUT2D eigenvalue weighted by molar-refractivity contribution is 9.10. The lowest BCUT2D eigenvalue weighted by Gasteiger charge is -2.19. The molecule has 2 aromatic rings. The number of benzene rings is 2. The topological polar surface area (TPSA) is 15.3 Å². The highest BCUT2D eigenvalue weighted by Crippen LogP contribution is 2.31. The van der Waals surface area contributed by atoms with Crippen molar-refractivity contribution in [2.24, 2.45) is 0 Å². The average Bonchev–Trinajstić information content (AvgIpc) is 2.99. The zero-order valence-corrected chi connectivity index (χ0v) is 14.1. The largest absolute Gasteiger partial charge is 0.381 e. The normalized spacial score (nSPS) is 14.5. The number of hydrogen-bond donors (Lipinski definition) is 1. The summed E-state index contributed by atoms with van der Waals surface area (Å²) in [4.78, 5) is 2.36. The van der Waals surface area contributed by atoms with Crippen molar-refractivity contribution in [2.75, 3.05) is 23.3 Å². The average molecular weight is 366 g/mol. The van der Waals surface area contributed by atoms with Crippen LogP contribution in [0.25, 0.3) is 0 Å². The van der Waals surface area contributed by atoms with Crippen LogP contribution in [0.15, 0.2) is 46.9 Å². The van der Waals surface area contributed by atoms with Crippen LogP contribution in [0.5, 0.6) is 0 Å². The predicted octanol–water partition coefficient (Wildman–Crippen LogP) is 5.31. The fourth-order valence-electron chi connectivity index (χ4n) is 2.68. The summed E-state index contributed by atoms with van der Waals surface area (Å²) in [7, 11) is 0. The van der Waals surface area contributed by atoms with Crippen molar-refractivity contribution in [1.29, 1.82) is 0 Å². The van der Waals surface area contributed by atoms with Gasteiger partial charge in [-0.3, -0.25) is 0 Å². The molecule has 0 aromatic heterocycles. The smallest absolute Gasteiger partial charge is 0.0660 e. The highest BCUT2D eigenvalue weighted by Gasteiger charge is 2.15. The third kappa shape index (κ3) is 3.72. The van der Waals surface area contributed by atoms with E-state index in [9.17, 15) is 0 Å². The van der Waals surface area contributed by atoms with Gasteiger partial charge in [-0.1, -0.05) is 39.7 Å². The van der Waals surface area contributed by atoms with E-state index in [0.29, 0.717) is 0 Å². The van der Waals surface area contributed by atoms with Gasteiger partial charge in [-0.2, -0.15) is 0 Å². The van der Waals surface area contributed by atoms with E-state index in [4.69, 9.17) is 11.6 Å². The Labute approximate surface area is 139 Å². The van der Waals surface area contributed by atoms with Crippen LogP contribution in [0.1, 0.15) is 18.4 Å². The maximum Gasteiger partial charge on any atom is 0.0660 e. The molecule has 4 heteroatoms. The van der Waals surface area contributed by atoms with E-state index in [2.05, 4.69) is 50.4 Å². The molecule has 2 aromatic carbocycles. The lowest BCUT2D eigenvalue weighted by atomic mass is 10.2. The first-order chi connectivity index (χ1) is 10.2. The van der Waals surface area contributed by atoms with Crippen molar-refractivity contribution >= 4 is 38.9 Å². The molecule has 0 amide bonds. The second kappa shape index (κ2) is 6.71. The molecular formula is C17H18BrClN2. The van der Waals surface area contributed by atoms with E-state index in [1.165, 1.54) is 18.4 Å². The first-order valence-electron chi connectivity index (χ1n) is 7.25. The molecule has 1 heterocycles. The van der Waals surface area contributed by atoms with Crippen LogP contribution in [0.3, 0.4) is 0 Å². The van der Waals surface area contributed by atoms with Crippen molar-refractivity contribution in [1.82, 2.24) is 0 Å². The Kier molecular flexibility index (Phi) is 4.71. The van der Waals surface area contributed by atoms with Crippen molar-refractivity contribution in [3.05, 3.63) is 57.5 Å². The fraction of sp³-hybridized carbons (Fsp3) is 0.294. The molecule has 0 aliphatic carbocycles. The minimum atomic E-state index is 0.791. The van der Waals surface area contributed by atoms with Crippen LogP contribution in [-0.4, -0.2) is 13.1 Å². The SMILES string of the molecule is Clc1cc(NCc2cccc(Br)c2)ccc1N1CCCC1. The number of nitrogens with zero attached hydrogens (tertiary/aromatic N) is 1. The van der Waals surface area contributed by atoms with Gasteiger partial charge < -0.3 is 10.2 Å². The van der Waals surface area contributed by atoms with Crippen molar-refractivity contribution in [2.45, 2.75) is 19.4 Å². The molecule has 0 saturated carbocycles. The third-order valence-electron chi connectivity index (χ3n) is 3.78. The first kappa shape index (κ1) is 14.7. The molecule has 3 rings (SSSR count). The molecule has 0 radical (unpaired) electrons. The van der Waals surface area contributed by atoms with Crippen LogP contribution in [0, 0.1) is 0 Å². The van der Waals surface area contributed by atoms with Crippen LogP contribution in [-0.2, 0) is 6.54 Å². The standard InChI is InChI=1S/C17H18BrClN2/c18-14-5-3-4-13(10-14)12-20-15-6-7-17(16(19)11-15)21-8-1-2-9-21/h3-7,10-11,20H,1-2,8-9,12H2. The maximum absolute atomic E-state index is 6.43. The number of anilines is 2. The quantitative estimate of drug-likeness (QED) is 0.789. The van der Waals surface area contributed by atoms with E-state index in [-0.39, 0.29) is 0 Å². The number of rotatable bonds is 4. The second-order valence-corrected chi connectivity index (χ2v) is 6.67. The Hall–Kier alpha value is -1.19. The van der Waals surface area contributed by atoms with Crippen LogP contribution < -0.4 is 10.2 Å². The molecule has 110 valence electrons. The summed E-state index contributed by atoms with van der Waals surface area (Å²) in [5.41, 5.74) is 3.45. The van der Waals surface area contributed by atoms with E-state index in [1.54, 1.807) is 0 Å². The molecule has 21 heavy (non-hydrogen) atoms. The van der Waals surface area contributed by atoms with Crippen molar-refractivity contribution in [3.8, 4) is 0 Å². The fourth-order valence-corrected chi connectivity index (χ4v) is 3.43. The Morgan fingerprint density at radius 2 is 1.90 bits per heavy atom. The summed E-state index contributed by atoms with van der Waals surface area (Å²) in [6, 6.07) is 14.6. The van der Waals surface area contributed by atoms with E-state index < -0.39 is 0 Å². The maximum atomic E-state index is 6.43. The van der Waals surface area contributed by atoms with E-state index >= 15 is 0 Å². The molecule has 1 aliphatic rings. The third-order valence-corrected chi connectivity index (χ3v) is 4.58. The van der Waals surface area contributed by atoms with Crippen molar-refractivity contribution < 1.29 is 0 Å². The monoisotopic (exact) mass is 364 g/mol. The Morgan fingerprint density at radius 3 is 2.62 bits per heavy atom. The number of hydrogen-bond acceptors (Lipinski definition) is 2. The molecule has 1 N–H and O–H groups in total. The van der Waals surface area contributed by atoms with Gasteiger partial charge in [-0.25, -0.2) is 0 Å². The van der Waals surface area contributed by atoms with E-state index in [1.807, 2.05) is 18.2 Å². The Balaban J connectivity index is 1.67. The van der Waals surface area contributed by atoms with Gasteiger partial charge in [0.15, 0.2) is 0 Å². The predicted molar refractivity (Wildman–Crippen MR) is 94.4 cm³/mol. The van der Waals surface area contributed by atoms with Crippen LogP contribution >= 0.6 is 27.5 Å². The first-order valence-corrected chi connectivity index (χ1v) is 8.42. The van der Waals surface area contributed by atoms with E-state index in [0.717, 1.165) is 40.5 Å². The summed E-state index contributed by atoms with van der Waals surface area (Å²) < 4.78 is 1.10. The number of halogens is 2. The van der Waals surface area contributed by atoms with Gasteiger partial charge in [-0.05, 0) is 48.7 Å². The lowest BCUT2D eigenvalue weighted by molar-refractivity contribution is 0.949. The van der Waals surface area contributed by atoms with Gasteiger partial charge in [0.2, 0.25) is 0 Å². The molecular weight excluding hydrogens is 348 g/mol. The summed E-state index contributed by atoms with van der Waals surface area (Å²) in [6.07, 6.45) is 2.53. The van der Waals surface area contributed by atoms with Gasteiger partial charge in [0, 0.05) is 29.8 Å².